The maximum absolute atomic E-state index is 12.9. The van der Waals surface area contributed by atoms with Gasteiger partial charge in [0, 0.05) is 53.0 Å². The lowest BCUT2D eigenvalue weighted by Crippen LogP contribution is -2.42. The Morgan fingerprint density at radius 1 is 1.11 bits per heavy atom. The Morgan fingerprint density at radius 3 is 2.69 bits per heavy atom. The molecule has 8 heteroatoms. The van der Waals surface area contributed by atoms with Crippen LogP contribution in [0.3, 0.4) is 0 Å². The van der Waals surface area contributed by atoms with Gasteiger partial charge in [0.05, 0.1) is 14.2 Å². The summed E-state index contributed by atoms with van der Waals surface area (Å²) in [6.45, 7) is 2.39. The van der Waals surface area contributed by atoms with Crippen molar-refractivity contribution in [2.75, 3.05) is 33.1 Å². The normalized spacial score (nSPS) is 21.4. The molecule has 0 unspecified atom stereocenters. The second-order valence-corrected chi connectivity index (χ2v) is 11.0. The Balaban J connectivity index is 1.45. The van der Waals surface area contributed by atoms with Crippen molar-refractivity contribution in [3.8, 4) is 11.5 Å². The minimum Gasteiger partial charge on any atom is -0.497 e. The number of hydrogen-bond donors (Lipinski definition) is 1. The second kappa shape index (κ2) is 10.7. The van der Waals surface area contributed by atoms with Crippen LogP contribution in [0.15, 0.2) is 82.3 Å². The fourth-order valence-corrected chi connectivity index (χ4v) is 6.56. The van der Waals surface area contributed by atoms with E-state index in [1.54, 1.807) is 26.0 Å². The minimum atomic E-state index is -0.450. The highest BCUT2D eigenvalue weighted by Crippen LogP contribution is 2.46. The highest BCUT2D eigenvalue weighted by molar-refractivity contribution is 9.10. The number of ether oxygens (including phenoxy) is 2. The van der Waals surface area contributed by atoms with Crippen LogP contribution in [-0.4, -0.2) is 49.0 Å². The van der Waals surface area contributed by atoms with Gasteiger partial charge >= 0.3 is 0 Å². The van der Waals surface area contributed by atoms with Crippen molar-refractivity contribution >= 4 is 38.8 Å². The molecule has 2 heterocycles. The van der Waals surface area contributed by atoms with Gasteiger partial charge in [-0.3, -0.25) is 9.69 Å². The maximum Gasteiger partial charge on any atom is 0.257 e. The average molecular weight is 567 g/mol. The van der Waals surface area contributed by atoms with Crippen molar-refractivity contribution in [3.63, 3.8) is 0 Å². The number of aliphatic imine (C=N–C) groups is 1. The molecule has 0 aromatic heterocycles. The number of carbonyl (C=O) groups excluding carboxylic acids is 1. The zero-order valence-corrected chi connectivity index (χ0v) is 22.6. The minimum absolute atomic E-state index is 0.137. The van der Waals surface area contributed by atoms with Crippen LogP contribution in [0.5, 0.6) is 11.5 Å². The van der Waals surface area contributed by atoms with E-state index in [-0.39, 0.29) is 5.91 Å². The van der Waals surface area contributed by atoms with Crippen LogP contribution < -0.4 is 14.8 Å². The largest absolute Gasteiger partial charge is 0.497 e. The summed E-state index contributed by atoms with van der Waals surface area (Å²) in [7, 11) is 3.35. The number of likely N-dealkylation sites (tertiary alicyclic amines) is 1. The zero-order chi connectivity index (χ0) is 25.1. The average Bonchev–Trinajstić information content (AvgIpc) is 3.28. The lowest BCUT2D eigenvalue weighted by molar-refractivity contribution is 0.0977. The first-order chi connectivity index (χ1) is 17.5. The molecule has 36 heavy (non-hydrogen) atoms. The summed E-state index contributed by atoms with van der Waals surface area (Å²) >= 11 is 5.26. The van der Waals surface area contributed by atoms with Gasteiger partial charge in [0.15, 0.2) is 5.17 Å². The van der Waals surface area contributed by atoms with E-state index in [2.05, 4.69) is 50.4 Å². The third kappa shape index (κ3) is 5.03. The molecule has 1 amide bonds. The quantitative estimate of drug-likeness (QED) is 0.438. The first-order valence-corrected chi connectivity index (χ1v) is 13.6. The Bertz CT molecular complexity index is 1290. The Morgan fingerprint density at radius 2 is 1.94 bits per heavy atom. The van der Waals surface area contributed by atoms with Gasteiger partial charge in [-0.05, 0) is 35.9 Å². The predicted molar refractivity (Wildman–Crippen MR) is 148 cm³/mol. The van der Waals surface area contributed by atoms with Crippen LogP contribution in [-0.2, 0) is 12.1 Å². The van der Waals surface area contributed by atoms with Gasteiger partial charge in [-0.1, -0.05) is 64.1 Å². The number of fused-ring (bicyclic) bond motifs is 1. The Kier molecular flexibility index (Phi) is 7.37. The van der Waals surface area contributed by atoms with Crippen molar-refractivity contribution in [1.82, 2.24) is 10.2 Å². The Hall–Kier alpha value is -2.81. The molecule has 5 rings (SSSR count). The molecule has 0 radical (unpaired) electrons. The van der Waals surface area contributed by atoms with Gasteiger partial charge in [-0.15, -0.1) is 0 Å². The molecule has 1 N–H and O–H groups in total. The highest BCUT2D eigenvalue weighted by Gasteiger charge is 2.50. The number of methoxy groups -OCH3 is 2. The van der Waals surface area contributed by atoms with Crippen LogP contribution in [0.25, 0.3) is 0 Å². The highest BCUT2D eigenvalue weighted by atomic mass is 79.9. The lowest BCUT2D eigenvalue weighted by Gasteiger charge is -2.36. The molecule has 0 aliphatic carbocycles. The van der Waals surface area contributed by atoms with Gasteiger partial charge in [0.1, 0.15) is 17.0 Å². The predicted octanol–water partition coefficient (Wildman–Crippen LogP) is 5.33. The van der Waals surface area contributed by atoms with Crippen molar-refractivity contribution < 1.29 is 14.3 Å². The molecule has 2 aliphatic heterocycles. The standard InChI is InChI=1S/C28H28BrN3O3S/c1-34-24-12-11-20(25(14-24)35-2)15-32-16-22-17-36-27(30-26(33)19-7-4-3-5-8-19)31-28(22,18-32)21-9-6-10-23(29)13-21/h3-14,22H,15-18H2,1-2H3,(H,30,31,33)/t22-,28+/m0/s1. The molecule has 6 nitrogen and oxygen atoms in total. The van der Waals surface area contributed by atoms with Crippen molar-refractivity contribution in [3.05, 3.63) is 94.0 Å². The number of halogens is 1. The van der Waals surface area contributed by atoms with E-state index in [1.165, 1.54) is 0 Å². The van der Waals surface area contributed by atoms with Crippen molar-refractivity contribution in [2.45, 2.75) is 12.1 Å². The molecule has 0 bridgehead atoms. The third-order valence-corrected chi connectivity index (χ3v) is 8.34. The number of nitrogens with one attached hydrogen (secondary N) is 1. The summed E-state index contributed by atoms with van der Waals surface area (Å²) in [6.07, 6.45) is 0. The molecule has 0 saturated carbocycles. The molecule has 0 spiro atoms. The van der Waals surface area contributed by atoms with E-state index in [1.807, 2.05) is 48.5 Å². The van der Waals surface area contributed by atoms with E-state index in [0.29, 0.717) is 16.6 Å². The Labute approximate surface area is 224 Å². The molecule has 3 aromatic carbocycles. The first-order valence-electron chi connectivity index (χ1n) is 11.8. The van der Waals surface area contributed by atoms with Gasteiger partial charge in [0.25, 0.3) is 5.91 Å². The number of carbonyl (C=O) groups is 1. The van der Waals surface area contributed by atoms with E-state index in [4.69, 9.17) is 14.5 Å². The smallest absolute Gasteiger partial charge is 0.257 e. The van der Waals surface area contributed by atoms with Crippen LogP contribution in [0.4, 0.5) is 0 Å². The molecule has 1 fully saturated rings. The van der Waals surface area contributed by atoms with Crippen LogP contribution in [0.2, 0.25) is 0 Å². The van der Waals surface area contributed by atoms with E-state index in [0.717, 1.165) is 52.5 Å². The summed E-state index contributed by atoms with van der Waals surface area (Å²) in [5, 5.41) is 3.73. The van der Waals surface area contributed by atoms with E-state index >= 15 is 0 Å². The number of rotatable bonds is 6. The molecule has 3 aromatic rings. The molecular weight excluding hydrogens is 538 g/mol. The SMILES string of the molecule is COc1ccc(CN2C[C@H]3CSC(NC(=O)c4ccccc4)=N[C@@]3(c3cccc(Br)c3)C2)c(OC)c1. The third-order valence-electron chi connectivity index (χ3n) is 6.81. The summed E-state index contributed by atoms with van der Waals surface area (Å²) in [4.78, 5) is 20.6. The lowest BCUT2D eigenvalue weighted by atomic mass is 9.82. The number of nitrogens with zero attached hydrogens (tertiary/aromatic N) is 2. The van der Waals surface area contributed by atoms with Gasteiger partial charge in [-0.25, -0.2) is 4.99 Å². The topological polar surface area (TPSA) is 63.2 Å². The van der Waals surface area contributed by atoms with Gasteiger partial charge in [-0.2, -0.15) is 0 Å². The second-order valence-electron chi connectivity index (χ2n) is 9.03. The molecular formula is C28H28BrN3O3S. The first kappa shape index (κ1) is 24.9. The summed E-state index contributed by atoms with van der Waals surface area (Å²) in [5.41, 5.74) is 2.43. The number of amides is 1. The van der Waals surface area contributed by atoms with E-state index < -0.39 is 5.54 Å². The number of thioether (sulfide) groups is 1. The monoisotopic (exact) mass is 565 g/mol. The molecule has 2 atom stereocenters. The van der Waals surface area contributed by atoms with E-state index in [9.17, 15) is 4.79 Å². The van der Waals surface area contributed by atoms with Crippen LogP contribution in [0.1, 0.15) is 21.5 Å². The molecule has 2 aliphatic rings. The fourth-order valence-electron chi connectivity index (χ4n) is 5.02. The zero-order valence-electron chi connectivity index (χ0n) is 20.2. The molecule has 1 saturated heterocycles. The number of benzene rings is 3. The molecule has 186 valence electrons. The van der Waals surface area contributed by atoms with Crippen molar-refractivity contribution in [2.24, 2.45) is 10.9 Å². The summed E-state index contributed by atoms with van der Waals surface area (Å²) < 4.78 is 12.0. The fraction of sp³-hybridized carbons (Fsp3) is 0.286. The van der Waals surface area contributed by atoms with Crippen LogP contribution >= 0.6 is 27.7 Å². The summed E-state index contributed by atoms with van der Waals surface area (Å²) in [5.74, 6) is 2.63. The van der Waals surface area contributed by atoms with Gasteiger partial charge in [0.2, 0.25) is 0 Å². The summed E-state index contributed by atoms with van der Waals surface area (Å²) in [6, 6.07) is 23.6. The maximum atomic E-state index is 12.9. The van der Waals surface area contributed by atoms with Gasteiger partial charge < -0.3 is 14.8 Å². The van der Waals surface area contributed by atoms with Crippen LogP contribution in [0, 0.1) is 5.92 Å². The van der Waals surface area contributed by atoms with Crippen molar-refractivity contribution in [1.29, 1.82) is 0 Å². The number of hydrogen-bond acceptors (Lipinski definition) is 6. The number of amidine groups is 1.